The van der Waals surface area contributed by atoms with Crippen molar-refractivity contribution in [3.8, 4) is 11.1 Å². The fourth-order valence-electron chi connectivity index (χ4n) is 4.36. The highest BCUT2D eigenvalue weighted by Crippen LogP contribution is 2.44. The first kappa shape index (κ1) is 25.7. The molecule has 0 aliphatic heterocycles. The number of fused-ring (bicyclic) bond motifs is 3. The molecule has 2 atom stereocenters. The first-order valence-corrected chi connectivity index (χ1v) is 11.4. The second-order valence-electron chi connectivity index (χ2n) is 8.68. The smallest absolute Gasteiger partial charge is 0.408 e. The van der Waals surface area contributed by atoms with Crippen molar-refractivity contribution in [3.05, 3.63) is 59.7 Å². The molecule has 0 bridgehead atoms. The summed E-state index contributed by atoms with van der Waals surface area (Å²) in [7, 11) is 1.13. The Morgan fingerprint density at radius 2 is 1.60 bits per heavy atom. The van der Waals surface area contributed by atoms with Crippen molar-refractivity contribution >= 4 is 23.9 Å². The van der Waals surface area contributed by atoms with Crippen LogP contribution in [-0.4, -0.2) is 54.3 Å². The number of carbonyl (C=O) groups is 4. The van der Waals surface area contributed by atoms with E-state index >= 15 is 0 Å². The van der Waals surface area contributed by atoms with Crippen LogP contribution in [0.3, 0.4) is 0 Å². The molecule has 9 nitrogen and oxygen atoms in total. The number of carboxylic acids is 1. The van der Waals surface area contributed by atoms with Gasteiger partial charge < -0.3 is 25.2 Å². The second kappa shape index (κ2) is 11.0. The number of carboxylic acid groups (broad SMARTS) is 1. The molecule has 2 aromatic rings. The highest BCUT2D eigenvalue weighted by atomic mass is 16.5. The summed E-state index contributed by atoms with van der Waals surface area (Å²) >= 11 is 0. The Morgan fingerprint density at radius 1 is 1.03 bits per heavy atom. The molecular formula is C26H30N2O7. The fourth-order valence-corrected chi connectivity index (χ4v) is 4.36. The minimum Gasteiger partial charge on any atom is -0.480 e. The molecule has 2 amide bonds. The maximum atomic E-state index is 13.0. The fraction of sp³-hybridized carbons (Fsp3) is 0.385. The standard InChI is InChI=1S/C26H30N2O7/c1-4-13-26(2,24(32)27-21(23(30)31)14-22(29)34-3)28-25(33)35-15-20-18-11-7-5-9-16(18)17-10-6-8-12-19(17)20/h5-12,20-21H,4,13-15H2,1-3H3,(H,27,32)(H,28,33)(H,30,31)/t21-,26?/m0/s1. The molecule has 1 aliphatic rings. The summed E-state index contributed by atoms with van der Waals surface area (Å²) < 4.78 is 10.0. The van der Waals surface area contributed by atoms with E-state index in [1.165, 1.54) is 6.92 Å². The number of carbonyl (C=O) groups excluding carboxylic acids is 3. The number of rotatable bonds is 10. The predicted molar refractivity (Wildman–Crippen MR) is 128 cm³/mol. The minimum atomic E-state index is -1.49. The molecule has 3 rings (SSSR count). The predicted octanol–water partition coefficient (Wildman–Crippen LogP) is 3.22. The van der Waals surface area contributed by atoms with E-state index in [1.54, 1.807) is 0 Å². The van der Waals surface area contributed by atoms with Gasteiger partial charge in [0.25, 0.3) is 0 Å². The van der Waals surface area contributed by atoms with Crippen LogP contribution in [0.1, 0.15) is 50.2 Å². The molecule has 0 fully saturated rings. The summed E-state index contributed by atoms with van der Waals surface area (Å²) in [6.07, 6.45) is -0.571. The first-order chi connectivity index (χ1) is 16.7. The molecule has 186 valence electrons. The van der Waals surface area contributed by atoms with Gasteiger partial charge in [-0.3, -0.25) is 9.59 Å². The Balaban J connectivity index is 1.69. The number of benzene rings is 2. The van der Waals surface area contributed by atoms with E-state index in [-0.39, 0.29) is 18.9 Å². The minimum absolute atomic E-state index is 0.0732. The molecule has 0 heterocycles. The average Bonchev–Trinajstić information content (AvgIpc) is 3.15. The molecule has 2 aromatic carbocycles. The van der Waals surface area contributed by atoms with Crippen LogP contribution in [0.25, 0.3) is 11.1 Å². The van der Waals surface area contributed by atoms with Crippen LogP contribution in [0.15, 0.2) is 48.5 Å². The molecule has 1 aliphatic carbocycles. The van der Waals surface area contributed by atoms with Crippen molar-refractivity contribution < 1.29 is 33.8 Å². The van der Waals surface area contributed by atoms with Gasteiger partial charge in [-0.1, -0.05) is 61.9 Å². The third-order valence-electron chi connectivity index (χ3n) is 6.17. The van der Waals surface area contributed by atoms with Crippen LogP contribution in [0, 0.1) is 0 Å². The molecule has 3 N–H and O–H groups in total. The molecule has 35 heavy (non-hydrogen) atoms. The molecular weight excluding hydrogens is 452 g/mol. The third kappa shape index (κ3) is 5.79. The van der Waals surface area contributed by atoms with E-state index in [0.29, 0.717) is 6.42 Å². The molecule has 0 spiro atoms. The number of hydrogen-bond acceptors (Lipinski definition) is 6. The van der Waals surface area contributed by atoms with Crippen molar-refractivity contribution in [2.24, 2.45) is 0 Å². The maximum absolute atomic E-state index is 13.0. The Morgan fingerprint density at radius 3 is 2.11 bits per heavy atom. The first-order valence-electron chi connectivity index (χ1n) is 11.4. The normalized spacial score (nSPS) is 14.6. The van der Waals surface area contributed by atoms with E-state index in [0.717, 1.165) is 29.4 Å². The van der Waals surface area contributed by atoms with Crippen molar-refractivity contribution in [1.82, 2.24) is 10.6 Å². The van der Waals surface area contributed by atoms with E-state index < -0.39 is 41.9 Å². The van der Waals surface area contributed by atoms with Crippen LogP contribution in [-0.2, 0) is 23.9 Å². The van der Waals surface area contributed by atoms with Crippen LogP contribution in [0.5, 0.6) is 0 Å². The lowest BCUT2D eigenvalue weighted by atomic mass is 9.94. The number of esters is 1. The lowest BCUT2D eigenvalue weighted by Gasteiger charge is -2.30. The van der Waals surface area contributed by atoms with Gasteiger partial charge in [0, 0.05) is 5.92 Å². The Bertz CT molecular complexity index is 1070. The second-order valence-corrected chi connectivity index (χ2v) is 8.68. The molecule has 0 aromatic heterocycles. The summed E-state index contributed by atoms with van der Waals surface area (Å²) in [5.41, 5.74) is 2.86. The van der Waals surface area contributed by atoms with E-state index in [4.69, 9.17) is 4.74 Å². The third-order valence-corrected chi connectivity index (χ3v) is 6.17. The number of amides is 2. The van der Waals surface area contributed by atoms with Gasteiger partial charge in [0.15, 0.2) is 0 Å². The summed E-state index contributed by atoms with van der Waals surface area (Å²) in [5.74, 6) is -3.04. The number of aliphatic carboxylic acids is 1. The molecule has 0 radical (unpaired) electrons. The van der Waals surface area contributed by atoms with Gasteiger partial charge in [-0.25, -0.2) is 9.59 Å². The van der Waals surface area contributed by atoms with Gasteiger partial charge >= 0.3 is 18.0 Å². The van der Waals surface area contributed by atoms with Gasteiger partial charge in [-0.2, -0.15) is 0 Å². The van der Waals surface area contributed by atoms with Gasteiger partial charge in [-0.15, -0.1) is 0 Å². The average molecular weight is 483 g/mol. The summed E-state index contributed by atoms with van der Waals surface area (Å²) in [6, 6.07) is 14.4. The molecule has 1 unspecified atom stereocenters. The molecule has 0 saturated heterocycles. The molecule has 0 saturated carbocycles. The van der Waals surface area contributed by atoms with Gasteiger partial charge in [0.05, 0.1) is 13.5 Å². The highest BCUT2D eigenvalue weighted by molar-refractivity contribution is 5.93. The Kier molecular flexibility index (Phi) is 8.11. The van der Waals surface area contributed by atoms with Crippen molar-refractivity contribution in [2.75, 3.05) is 13.7 Å². The van der Waals surface area contributed by atoms with Crippen LogP contribution < -0.4 is 10.6 Å². The van der Waals surface area contributed by atoms with Gasteiger partial charge in [0.2, 0.25) is 5.91 Å². The highest BCUT2D eigenvalue weighted by Gasteiger charge is 2.38. The van der Waals surface area contributed by atoms with Gasteiger partial charge in [-0.05, 0) is 35.6 Å². The lowest BCUT2D eigenvalue weighted by Crippen LogP contribution is -2.59. The zero-order valence-corrected chi connectivity index (χ0v) is 20.0. The Labute approximate surface area is 203 Å². The van der Waals surface area contributed by atoms with Crippen molar-refractivity contribution in [1.29, 1.82) is 0 Å². The topological polar surface area (TPSA) is 131 Å². The summed E-state index contributed by atoms with van der Waals surface area (Å²) in [6.45, 7) is 3.39. The lowest BCUT2D eigenvalue weighted by molar-refractivity contribution is -0.149. The van der Waals surface area contributed by atoms with Crippen LogP contribution in [0.4, 0.5) is 4.79 Å². The maximum Gasteiger partial charge on any atom is 0.408 e. The summed E-state index contributed by atoms with van der Waals surface area (Å²) in [4.78, 5) is 48.8. The Hall–Kier alpha value is -3.88. The largest absolute Gasteiger partial charge is 0.480 e. The van der Waals surface area contributed by atoms with Crippen LogP contribution in [0.2, 0.25) is 0 Å². The zero-order valence-electron chi connectivity index (χ0n) is 20.0. The number of hydrogen-bond donors (Lipinski definition) is 3. The van der Waals surface area contributed by atoms with Crippen LogP contribution >= 0.6 is 0 Å². The van der Waals surface area contributed by atoms with E-state index in [2.05, 4.69) is 15.4 Å². The number of methoxy groups -OCH3 is 1. The number of alkyl carbamates (subject to hydrolysis) is 1. The number of ether oxygens (including phenoxy) is 2. The van der Waals surface area contributed by atoms with Gasteiger partial charge in [0.1, 0.15) is 18.2 Å². The van der Waals surface area contributed by atoms with E-state index in [1.807, 2.05) is 55.5 Å². The SMILES string of the molecule is CCCC(C)(NC(=O)OCC1c2ccccc2-c2ccccc21)C(=O)N[C@@H](CC(=O)OC)C(=O)O. The van der Waals surface area contributed by atoms with E-state index in [9.17, 15) is 24.3 Å². The molecule has 9 heteroatoms. The monoisotopic (exact) mass is 482 g/mol. The quantitative estimate of drug-likeness (QED) is 0.443. The zero-order chi connectivity index (χ0) is 25.6. The summed E-state index contributed by atoms with van der Waals surface area (Å²) in [5, 5.41) is 14.3. The van der Waals surface area contributed by atoms with Crippen molar-refractivity contribution in [3.63, 3.8) is 0 Å². The van der Waals surface area contributed by atoms with Crippen molar-refractivity contribution in [2.45, 2.75) is 50.6 Å². The number of nitrogens with one attached hydrogen (secondary N) is 2.